The normalized spacial score (nSPS) is 23.9. The van der Waals surface area contributed by atoms with Crippen LogP contribution in [0, 0.1) is 0 Å². The Morgan fingerprint density at radius 2 is 1.62 bits per heavy atom. The van der Waals surface area contributed by atoms with Gasteiger partial charge in [0.1, 0.15) is 30.2 Å². The summed E-state index contributed by atoms with van der Waals surface area (Å²) in [6.45, 7) is -0.524. The van der Waals surface area contributed by atoms with E-state index in [9.17, 15) is 38.7 Å². The second-order valence-electron chi connectivity index (χ2n) is 13.4. The summed E-state index contributed by atoms with van der Waals surface area (Å²) in [6, 6.07) is 1.86. The number of H-pyrrole nitrogens is 1. The predicted molar refractivity (Wildman–Crippen MR) is 212 cm³/mol. The molecule has 5 unspecified atom stereocenters. The molecule has 1 aromatic carbocycles. The summed E-state index contributed by atoms with van der Waals surface area (Å²) in [6.07, 6.45) is 3.52. The second-order valence-corrected chi connectivity index (χ2v) is 16.0. The molecule has 2 aliphatic heterocycles. The summed E-state index contributed by atoms with van der Waals surface area (Å²) in [4.78, 5) is 102. The van der Waals surface area contributed by atoms with Crippen LogP contribution >= 0.6 is 21.6 Å². The van der Waals surface area contributed by atoms with Crippen LogP contribution in [0.15, 0.2) is 35.5 Å². The van der Waals surface area contributed by atoms with Gasteiger partial charge in [0.25, 0.3) is 0 Å². The van der Waals surface area contributed by atoms with Gasteiger partial charge in [-0.15, -0.1) is 0 Å². The number of rotatable bonds is 10. The standard InChI is InChI=1S/C35H51N11O8S2/c36-30(50)26-19-56-55-15-11-28(48)42-23(8-3-4-12-39-35(37)38)31(51)41-18-29(49)43-24(10-14-47)32(52)44-25(16-20-17-40-22-7-2-1-6-21(20)22)34(54)46-13-5-9-27(46)33(53)45-26/h1-2,6-7,17,23-27,40,47H,3-5,8-16,18-19H2,(H2,36,50)(H,41,51)(H,42,48)(H,43,49)(H,44,52)(H,45,53)(H4,37,38,39). The van der Waals surface area contributed by atoms with Gasteiger partial charge in [-0.2, -0.15) is 0 Å². The van der Waals surface area contributed by atoms with Crippen LogP contribution in [0.4, 0.5) is 0 Å². The molecule has 4 rings (SSSR count). The molecule has 21 heteroatoms. The fraction of sp³-hybridized carbons (Fsp3) is 0.543. The lowest BCUT2D eigenvalue weighted by Crippen LogP contribution is -2.59. The van der Waals surface area contributed by atoms with Crippen molar-refractivity contribution in [2.24, 2.45) is 22.2 Å². The average Bonchev–Trinajstić information content (AvgIpc) is 3.82. The number of aromatic nitrogens is 1. The number of fused-ring (bicyclic) bond motifs is 2. The van der Waals surface area contributed by atoms with Crippen molar-refractivity contribution in [3.05, 3.63) is 36.0 Å². The van der Waals surface area contributed by atoms with Gasteiger partial charge in [0.15, 0.2) is 5.96 Å². The molecule has 3 heterocycles. The summed E-state index contributed by atoms with van der Waals surface area (Å²) in [5.41, 5.74) is 17.9. The Kier molecular flexibility index (Phi) is 17.1. The molecule has 0 bridgehead atoms. The monoisotopic (exact) mass is 817 g/mol. The summed E-state index contributed by atoms with van der Waals surface area (Å²) >= 11 is 0. The number of aliphatic hydroxyl groups excluding tert-OH is 1. The molecule has 13 N–H and O–H groups in total. The molecule has 7 amide bonds. The number of guanidine groups is 1. The van der Waals surface area contributed by atoms with Gasteiger partial charge in [0.05, 0.1) is 6.54 Å². The van der Waals surface area contributed by atoms with Crippen LogP contribution < -0.4 is 43.8 Å². The smallest absolute Gasteiger partial charge is 0.246 e. The van der Waals surface area contributed by atoms with Gasteiger partial charge >= 0.3 is 0 Å². The van der Waals surface area contributed by atoms with E-state index in [0.717, 1.165) is 10.9 Å². The highest BCUT2D eigenvalue weighted by molar-refractivity contribution is 8.76. The molecule has 2 saturated heterocycles. The number of benzene rings is 1. The molecule has 1 aromatic heterocycles. The van der Waals surface area contributed by atoms with Gasteiger partial charge in [-0.3, -0.25) is 38.6 Å². The zero-order valence-corrected chi connectivity index (χ0v) is 32.6. The van der Waals surface area contributed by atoms with Crippen LogP contribution in [0.3, 0.4) is 0 Å². The van der Waals surface area contributed by atoms with Crippen LogP contribution in [0.2, 0.25) is 0 Å². The first kappa shape index (κ1) is 43.7. The Morgan fingerprint density at radius 3 is 2.38 bits per heavy atom. The molecule has 306 valence electrons. The first-order valence-electron chi connectivity index (χ1n) is 18.4. The van der Waals surface area contributed by atoms with Crippen molar-refractivity contribution in [1.82, 2.24) is 36.5 Å². The number of hydrogen-bond acceptors (Lipinski definition) is 11. The quantitative estimate of drug-likeness (QED) is 0.0532. The van der Waals surface area contributed by atoms with Gasteiger partial charge in [-0.05, 0) is 50.2 Å². The first-order valence-corrected chi connectivity index (χ1v) is 20.9. The fourth-order valence-electron chi connectivity index (χ4n) is 6.41. The third-order valence-electron chi connectivity index (χ3n) is 9.28. The van der Waals surface area contributed by atoms with Crippen LogP contribution in [0.25, 0.3) is 10.9 Å². The fourth-order valence-corrected chi connectivity index (χ4v) is 8.57. The van der Waals surface area contributed by atoms with E-state index in [0.29, 0.717) is 43.5 Å². The number of nitrogens with one attached hydrogen (secondary N) is 6. The van der Waals surface area contributed by atoms with E-state index in [4.69, 9.17) is 17.2 Å². The van der Waals surface area contributed by atoms with Gasteiger partial charge in [0.2, 0.25) is 41.4 Å². The maximum absolute atomic E-state index is 14.3. The van der Waals surface area contributed by atoms with Crippen LogP contribution in [-0.2, 0) is 40.0 Å². The topological polar surface area (TPSA) is 309 Å². The number of unbranched alkanes of at least 4 members (excludes halogenated alkanes) is 1. The molecule has 5 atom stereocenters. The van der Waals surface area contributed by atoms with Gasteiger partial charge in [-0.25, -0.2) is 0 Å². The molecule has 2 aromatic rings. The first-order chi connectivity index (χ1) is 26.9. The number of carbonyl (C=O) groups is 7. The van der Waals surface area contributed by atoms with E-state index >= 15 is 0 Å². The maximum Gasteiger partial charge on any atom is 0.246 e. The average molecular weight is 818 g/mol. The number of para-hydroxylation sites is 1. The summed E-state index contributed by atoms with van der Waals surface area (Å²) in [7, 11) is 2.50. The van der Waals surface area contributed by atoms with Crippen molar-refractivity contribution in [3.63, 3.8) is 0 Å². The number of aliphatic imine (C=N–C) groups is 1. The third-order valence-corrected chi connectivity index (χ3v) is 11.7. The number of nitrogens with two attached hydrogens (primary N) is 3. The van der Waals surface area contributed by atoms with Crippen LogP contribution in [-0.4, -0.2) is 130 Å². The Balaban J connectivity index is 1.59. The number of nitrogens with zero attached hydrogens (tertiary/aromatic N) is 2. The molecular formula is C35H51N11O8S2. The Labute approximate surface area is 331 Å². The molecule has 0 spiro atoms. The zero-order chi connectivity index (χ0) is 40.6. The van der Waals surface area contributed by atoms with Gasteiger partial charge < -0.3 is 58.8 Å². The minimum atomic E-state index is -1.31. The minimum absolute atomic E-state index is 0.0142. The lowest BCUT2D eigenvalue weighted by Gasteiger charge is -2.30. The number of carbonyl (C=O) groups excluding carboxylic acids is 7. The minimum Gasteiger partial charge on any atom is -0.396 e. The maximum atomic E-state index is 14.3. The molecule has 2 aliphatic rings. The molecule has 2 fully saturated rings. The number of aromatic amines is 1. The molecule has 56 heavy (non-hydrogen) atoms. The van der Waals surface area contributed by atoms with Gasteiger partial charge in [0, 0.05) is 61.1 Å². The largest absolute Gasteiger partial charge is 0.396 e. The third kappa shape index (κ3) is 13.0. The van der Waals surface area contributed by atoms with E-state index in [-0.39, 0.29) is 43.9 Å². The van der Waals surface area contributed by atoms with E-state index in [1.54, 1.807) is 6.20 Å². The molecular weight excluding hydrogens is 767 g/mol. The van der Waals surface area contributed by atoms with Crippen molar-refractivity contribution in [2.75, 3.05) is 37.7 Å². The van der Waals surface area contributed by atoms with E-state index in [1.807, 2.05) is 24.3 Å². The Hall–Kier alpha value is -5.02. The number of amides is 7. The highest BCUT2D eigenvalue weighted by atomic mass is 33.1. The highest BCUT2D eigenvalue weighted by Gasteiger charge is 2.39. The van der Waals surface area contributed by atoms with Crippen molar-refractivity contribution >= 4 is 79.8 Å². The predicted octanol–water partition coefficient (Wildman–Crippen LogP) is -2.15. The number of primary amides is 1. The van der Waals surface area contributed by atoms with E-state index in [2.05, 4.69) is 36.6 Å². The van der Waals surface area contributed by atoms with Crippen molar-refractivity contribution in [1.29, 1.82) is 0 Å². The number of aliphatic hydroxyl groups is 1. The molecule has 0 aliphatic carbocycles. The zero-order valence-electron chi connectivity index (χ0n) is 30.9. The molecule has 0 radical (unpaired) electrons. The molecule has 0 saturated carbocycles. The van der Waals surface area contributed by atoms with E-state index in [1.165, 1.54) is 26.5 Å². The number of hydrogen-bond donors (Lipinski definition) is 10. The second kappa shape index (κ2) is 21.9. The SMILES string of the molecule is NC(=O)C1CSSCCC(=O)NC(CCCCN=C(N)N)C(=O)NCC(=O)NC(CCO)C(=O)NC(Cc2c[nH]c3ccccc23)C(=O)N2CCCC2C(=O)N1. The van der Waals surface area contributed by atoms with E-state index < -0.39 is 84.7 Å². The summed E-state index contributed by atoms with van der Waals surface area (Å²) < 4.78 is 0. The Morgan fingerprint density at radius 1 is 0.875 bits per heavy atom. The van der Waals surface area contributed by atoms with Gasteiger partial charge in [-0.1, -0.05) is 39.8 Å². The Bertz CT molecular complexity index is 1750. The van der Waals surface area contributed by atoms with Crippen molar-refractivity contribution in [3.8, 4) is 0 Å². The summed E-state index contributed by atoms with van der Waals surface area (Å²) in [5, 5.41) is 23.8. The van der Waals surface area contributed by atoms with Crippen molar-refractivity contribution in [2.45, 2.75) is 81.6 Å². The van der Waals surface area contributed by atoms with Crippen molar-refractivity contribution < 1.29 is 38.7 Å². The van der Waals surface area contributed by atoms with Crippen LogP contribution in [0.1, 0.15) is 50.5 Å². The lowest BCUT2D eigenvalue weighted by atomic mass is 10.0. The summed E-state index contributed by atoms with van der Waals surface area (Å²) in [5.74, 6) is -4.19. The van der Waals surface area contributed by atoms with Crippen LogP contribution in [0.5, 0.6) is 0 Å². The lowest BCUT2D eigenvalue weighted by molar-refractivity contribution is -0.142. The highest BCUT2D eigenvalue weighted by Crippen LogP contribution is 2.25. The molecule has 19 nitrogen and oxygen atoms in total.